The quantitative estimate of drug-likeness (QED) is 0.324. The first kappa shape index (κ1) is 20.8. The van der Waals surface area contributed by atoms with Crippen LogP contribution >= 0.6 is 0 Å². The van der Waals surface area contributed by atoms with Crippen molar-refractivity contribution in [2.24, 2.45) is 0 Å². The highest BCUT2D eigenvalue weighted by Gasteiger charge is 2.53. The van der Waals surface area contributed by atoms with E-state index >= 15 is 0 Å². The van der Waals surface area contributed by atoms with Gasteiger partial charge in [0.15, 0.2) is 5.54 Å². The van der Waals surface area contributed by atoms with E-state index in [1.54, 1.807) is 30.3 Å². The molecule has 1 fully saturated rings. The highest BCUT2D eigenvalue weighted by Crippen LogP contribution is 2.36. The molecule has 0 bridgehead atoms. The molecule has 1 atom stereocenters. The normalized spacial score (nSPS) is 19.2. The number of rotatable bonds is 5. The minimum atomic E-state index is -1.59. The Hall–Kier alpha value is -4.80. The molecule has 0 saturated carbocycles. The summed E-state index contributed by atoms with van der Waals surface area (Å²) in [5.74, 6) is 0.296. The number of benzene rings is 2. The summed E-state index contributed by atoms with van der Waals surface area (Å²) in [4.78, 5) is 40.0. The fraction of sp³-hybridized carbons (Fsp3) is 0.167. The fourth-order valence-electron chi connectivity index (χ4n) is 4.64. The lowest BCUT2D eigenvalue weighted by atomic mass is 9.95. The molecule has 1 saturated heterocycles. The summed E-state index contributed by atoms with van der Waals surface area (Å²) in [5, 5.41) is 12.5. The Balaban J connectivity index is 1.38. The number of anilines is 1. The molecule has 2 aliphatic rings. The van der Waals surface area contributed by atoms with E-state index in [9.17, 15) is 14.4 Å². The number of imide groups is 1. The van der Waals surface area contributed by atoms with Crippen LogP contribution in [0.3, 0.4) is 0 Å². The van der Waals surface area contributed by atoms with Crippen LogP contribution in [-0.2, 0) is 16.9 Å². The van der Waals surface area contributed by atoms with E-state index in [-0.39, 0.29) is 24.8 Å². The van der Waals surface area contributed by atoms with Crippen molar-refractivity contribution >= 4 is 34.6 Å². The molecule has 2 aromatic heterocycles. The first-order valence-electron chi connectivity index (χ1n) is 10.8. The van der Waals surface area contributed by atoms with Crippen molar-refractivity contribution in [1.29, 1.82) is 0 Å². The lowest BCUT2D eigenvalue weighted by Crippen LogP contribution is -2.52. The first-order chi connectivity index (χ1) is 16.9. The summed E-state index contributed by atoms with van der Waals surface area (Å²) in [5.41, 5.74) is 7.50. The number of fused-ring (bicyclic) bond motifs is 2. The van der Waals surface area contributed by atoms with Gasteiger partial charge in [-0.25, -0.2) is 4.79 Å². The van der Waals surface area contributed by atoms with Gasteiger partial charge in [-0.1, -0.05) is 6.07 Å². The van der Waals surface area contributed by atoms with E-state index in [2.05, 4.69) is 20.8 Å². The standard InChI is InChI=1S/C24H20N6O5/c1-34-15-4-2-13-10-30(21(31)16(13)8-15)11-24(22(32)26-23(33)27-24)19-7-14-6-12(3-5-18(14)35-19)17-9-20(25)29-28-17/h2-9H,10-11H2,1H3,(H3,25,28,29)(H2,26,27,32,33)/t24-/m0/s1. The topological polar surface area (TPSA) is 156 Å². The summed E-state index contributed by atoms with van der Waals surface area (Å²) >= 11 is 0. The van der Waals surface area contributed by atoms with E-state index < -0.39 is 17.5 Å². The van der Waals surface area contributed by atoms with E-state index in [0.29, 0.717) is 28.1 Å². The molecule has 11 nitrogen and oxygen atoms in total. The summed E-state index contributed by atoms with van der Waals surface area (Å²) in [6.45, 7) is 0.179. The Kier molecular flexibility index (Phi) is 4.37. The van der Waals surface area contributed by atoms with Crippen molar-refractivity contribution in [3.63, 3.8) is 0 Å². The molecule has 11 heteroatoms. The minimum absolute atomic E-state index is 0.107. The number of urea groups is 1. The summed E-state index contributed by atoms with van der Waals surface area (Å²) in [6, 6.07) is 13.5. The molecule has 2 aromatic carbocycles. The number of methoxy groups -OCH3 is 1. The molecule has 35 heavy (non-hydrogen) atoms. The van der Waals surface area contributed by atoms with Gasteiger partial charge < -0.3 is 25.1 Å². The molecular weight excluding hydrogens is 452 g/mol. The van der Waals surface area contributed by atoms with Crippen LogP contribution in [0.4, 0.5) is 10.6 Å². The van der Waals surface area contributed by atoms with Crippen LogP contribution in [0.2, 0.25) is 0 Å². The number of nitrogen functional groups attached to an aromatic ring is 1. The molecule has 4 aromatic rings. The number of aromatic amines is 1. The molecule has 0 aliphatic carbocycles. The van der Waals surface area contributed by atoms with Gasteiger partial charge in [0.1, 0.15) is 22.9 Å². The predicted octanol–water partition coefficient (Wildman–Crippen LogP) is 2.10. The van der Waals surface area contributed by atoms with Crippen LogP contribution in [-0.4, -0.2) is 46.6 Å². The summed E-state index contributed by atoms with van der Waals surface area (Å²) < 4.78 is 11.3. The van der Waals surface area contributed by atoms with Gasteiger partial charge >= 0.3 is 6.03 Å². The number of hydrogen-bond acceptors (Lipinski definition) is 7. The van der Waals surface area contributed by atoms with Gasteiger partial charge in [0.25, 0.3) is 11.8 Å². The van der Waals surface area contributed by atoms with Gasteiger partial charge in [0, 0.05) is 29.1 Å². The van der Waals surface area contributed by atoms with Crippen molar-refractivity contribution in [1.82, 2.24) is 25.7 Å². The van der Waals surface area contributed by atoms with Crippen molar-refractivity contribution in [2.75, 3.05) is 19.4 Å². The van der Waals surface area contributed by atoms with Crippen LogP contribution in [0, 0.1) is 0 Å². The summed E-state index contributed by atoms with van der Waals surface area (Å²) in [7, 11) is 1.53. The number of H-pyrrole nitrogens is 1. The van der Waals surface area contributed by atoms with Crippen LogP contribution in [0.25, 0.3) is 22.2 Å². The zero-order chi connectivity index (χ0) is 24.3. The van der Waals surface area contributed by atoms with E-state index in [1.807, 2.05) is 18.2 Å². The maximum absolute atomic E-state index is 13.2. The highest BCUT2D eigenvalue weighted by molar-refractivity contribution is 6.08. The third-order valence-corrected chi connectivity index (χ3v) is 6.41. The van der Waals surface area contributed by atoms with Crippen molar-refractivity contribution in [3.05, 3.63) is 65.4 Å². The van der Waals surface area contributed by atoms with Crippen LogP contribution in [0.15, 0.2) is 52.9 Å². The molecule has 176 valence electrons. The van der Waals surface area contributed by atoms with E-state index in [1.165, 1.54) is 12.0 Å². The number of furan rings is 1. The number of aromatic nitrogens is 2. The highest BCUT2D eigenvalue weighted by atomic mass is 16.5. The summed E-state index contributed by atoms with van der Waals surface area (Å²) in [6.07, 6.45) is 0. The van der Waals surface area contributed by atoms with Gasteiger partial charge in [0.05, 0.1) is 19.3 Å². The average Bonchev–Trinajstić information content (AvgIpc) is 3.60. The smallest absolute Gasteiger partial charge is 0.322 e. The lowest BCUT2D eigenvalue weighted by Gasteiger charge is -2.29. The monoisotopic (exact) mass is 472 g/mol. The number of carbonyl (C=O) groups excluding carboxylic acids is 3. The van der Waals surface area contributed by atoms with Crippen LogP contribution in [0.5, 0.6) is 5.75 Å². The zero-order valence-corrected chi connectivity index (χ0v) is 18.5. The number of nitrogens with one attached hydrogen (secondary N) is 3. The molecule has 4 amide bonds. The molecule has 2 aliphatic heterocycles. The molecular formula is C24H20N6O5. The van der Waals surface area contributed by atoms with E-state index in [4.69, 9.17) is 14.9 Å². The van der Waals surface area contributed by atoms with Gasteiger partial charge in [-0.3, -0.25) is 20.0 Å². The second kappa shape index (κ2) is 7.35. The molecule has 0 unspecified atom stereocenters. The third kappa shape index (κ3) is 3.20. The number of ether oxygens (including phenoxy) is 1. The predicted molar refractivity (Wildman–Crippen MR) is 124 cm³/mol. The van der Waals surface area contributed by atoms with Gasteiger partial charge in [-0.2, -0.15) is 5.10 Å². The first-order valence-corrected chi connectivity index (χ1v) is 10.8. The SMILES string of the molecule is COc1ccc2c(c1)C(=O)N(C[C@@]1(c3cc4cc(-c5cc(N)n[nH]5)ccc4o3)NC(=O)NC1=O)C2. The number of nitrogens with two attached hydrogens (primary N) is 1. The fourth-order valence-corrected chi connectivity index (χ4v) is 4.64. The second-order valence-corrected chi connectivity index (χ2v) is 8.57. The Bertz CT molecular complexity index is 1540. The third-order valence-electron chi connectivity index (χ3n) is 6.41. The molecule has 5 N–H and O–H groups in total. The lowest BCUT2D eigenvalue weighted by molar-refractivity contribution is -0.125. The maximum Gasteiger partial charge on any atom is 0.322 e. The maximum atomic E-state index is 13.2. The van der Waals surface area contributed by atoms with Crippen LogP contribution < -0.4 is 21.1 Å². The van der Waals surface area contributed by atoms with Crippen molar-refractivity contribution < 1.29 is 23.5 Å². The van der Waals surface area contributed by atoms with Crippen LogP contribution in [0.1, 0.15) is 21.7 Å². The van der Waals surface area contributed by atoms with Gasteiger partial charge in [-0.05, 0) is 42.0 Å². The number of nitrogens with zero attached hydrogens (tertiary/aromatic N) is 2. The van der Waals surface area contributed by atoms with Gasteiger partial charge in [0.2, 0.25) is 0 Å². The Morgan fingerprint density at radius 2 is 2.00 bits per heavy atom. The van der Waals surface area contributed by atoms with Gasteiger partial charge in [-0.15, -0.1) is 0 Å². The molecule has 0 radical (unpaired) electrons. The Morgan fingerprint density at radius 3 is 2.71 bits per heavy atom. The molecule has 4 heterocycles. The molecule has 6 rings (SSSR count). The van der Waals surface area contributed by atoms with Crippen molar-refractivity contribution in [2.45, 2.75) is 12.1 Å². The minimum Gasteiger partial charge on any atom is -0.497 e. The average molecular weight is 472 g/mol. The number of hydrogen-bond donors (Lipinski definition) is 4. The van der Waals surface area contributed by atoms with E-state index in [0.717, 1.165) is 16.8 Å². The molecule has 0 spiro atoms. The Labute approximate surface area is 198 Å². The zero-order valence-electron chi connectivity index (χ0n) is 18.5. The second-order valence-electron chi connectivity index (χ2n) is 8.57. The van der Waals surface area contributed by atoms with Crippen molar-refractivity contribution in [3.8, 4) is 17.0 Å². The Morgan fingerprint density at radius 1 is 1.14 bits per heavy atom. The number of amides is 4. The largest absolute Gasteiger partial charge is 0.497 e. The number of carbonyl (C=O) groups is 3.